The number of benzene rings is 2. The van der Waals surface area contributed by atoms with Gasteiger partial charge in [-0.1, -0.05) is 50.2 Å². The van der Waals surface area contributed by atoms with Crippen LogP contribution >= 0.6 is 0 Å². The van der Waals surface area contributed by atoms with Gasteiger partial charge in [0.1, 0.15) is 0 Å². The van der Waals surface area contributed by atoms with Crippen molar-refractivity contribution in [2.75, 3.05) is 6.54 Å². The second-order valence-corrected chi connectivity index (χ2v) is 8.03. The molecule has 134 valence electrons. The van der Waals surface area contributed by atoms with Crippen molar-refractivity contribution in [1.29, 1.82) is 0 Å². The van der Waals surface area contributed by atoms with Crippen molar-refractivity contribution in [2.45, 2.75) is 33.1 Å². The van der Waals surface area contributed by atoms with E-state index in [-0.39, 0.29) is 11.3 Å². The number of carbonyl (C=O) groups excluding carboxylic acids is 1. The number of carbonyl (C=O) groups is 1. The van der Waals surface area contributed by atoms with E-state index in [2.05, 4.69) is 55.3 Å². The molecule has 0 spiro atoms. The average Bonchev–Trinajstić information content (AvgIpc) is 3.00. The molecule has 0 radical (unpaired) electrons. The molecule has 0 bridgehead atoms. The lowest BCUT2D eigenvalue weighted by atomic mass is 10.0. The summed E-state index contributed by atoms with van der Waals surface area (Å²) in [5, 5.41) is 4.43. The van der Waals surface area contributed by atoms with Crippen LogP contribution < -0.4 is 5.32 Å². The Morgan fingerprint density at radius 2 is 1.77 bits per heavy atom. The fourth-order valence-electron chi connectivity index (χ4n) is 4.59. The monoisotopic (exact) mass is 346 g/mol. The van der Waals surface area contributed by atoms with Gasteiger partial charge in [0.2, 0.25) is 0 Å². The minimum Gasteiger partial charge on any atom is -0.358 e. The quantitative estimate of drug-likeness (QED) is 0.668. The molecule has 1 saturated carbocycles. The largest absolute Gasteiger partial charge is 0.358 e. The standard InChI is InChI=1S/C23H26N2O/c1-15-20(17-11-7-8-12-19(17)25-15)21-18(23(21,2)3)13-14-24-22(26)16-9-5-4-6-10-16/h4-12,18,21,25H,13-14H2,1-3H3,(H,24,26)/t18-,21-/m0/s1. The van der Waals surface area contributed by atoms with Gasteiger partial charge in [-0.3, -0.25) is 4.79 Å². The van der Waals surface area contributed by atoms with E-state index in [1.807, 2.05) is 30.3 Å². The second kappa shape index (κ2) is 6.31. The van der Waals surface area contributed by atoms with Crippen LogP contribution in [0, 0.1) is 18.3 Å². The molecule has 1 amide bonds. The minimum absolute atomic E-state index is 0.0175. The predicted octanol–water partition coefficient (Wildman–Crippen LogP) is 5.04. The zero-order valence-corrected chi connectivity index (χ0v) is 15.7. The molecule has 1 aliphatic rings. The van der Waals surface area contributed by atoms with Crippen LogP contribution in [0.3, 0.4) is 0 Å². The van der Waals surface area contributed by atoms with Crippen LogP contribution in [0.2, 0.25) is 0 Å². The Bertz CT molecular complexity index is 939. The lowest BCUT2D eigenvalue weighted by Gasteiger charge is -2.06. The average molecular weight is 346 g/mol. The first-order chi connectivity index (χ1) is 12.5. The number of hydrogen-bond acceptors (Lipinski definition) is 1. The van der Waals surface area contributed by atoms with E-state index in [1.54, 1.807) is 0 Å². The molecular formula is C23H26N2O. The maximum atomic E-state index is 12.2. The van der Waals surface area contributed by atoms with Gasteiger partial charge in [-0.25, -0.2) is 0 Å². The minimum atomic E-state index is 0.0175. The topological polar surface area (TPSA) is 44.9 Å². The van der Waals surface area contributed by atoms with Crippen LogP contribution in [-0.4, -0.2) is 17.4 Å². The van der Waals surface area contributed by atoms with Crippen LogP contribution in [0.4, 0.5) is 0 Å². The van der Waals surface area contributed by atoms with Gasteiger partial charge < -0.3 is 10.3 Å². The van der Waals surface area contributed by atoms with Gasteiger partial charge in [-0.05, 0) is 54.4 Å². The van der Waals surface area contributed by atoms with Crippen molar-refractivity contribution in [3.63, 3.8) is 0 Å². The van der Waals surface area contributed by atoms with Crippen molar-refractivity contribution in [1.82, 2.24) is 10.3 Å². The molecule has 3 heteroatoms. The van der Waals surface area contributed by atoms with Crippen molar-refractivity contribution in [2.24, 2.45) is 11.3 Å². The van der Waals surface area contributed by atoms with Gasteiger partial charge in [0.05, 0.1) is 0 Å². The van der Waals surface area contributed by atoms with Crippen LogP contribution in [0.25, 0.3) is 10.9 Å². The molecular weight excluding hydrogens is 320 g/mol. The molecule has 3 nitrogen and oxygen atoms in total. The third-order valence-electron chi connectivity index (χ3n) is 6.08. The number of nitrogens with one attached hydrogen (secondary N) is 2. The molecule has 1 aromatic heterocycles. The summed E-state index contributed by atoms with van der Waals surface area (Å²) < 4.78 is 0. The summed E-state index contributed by atoms with van der Waals surface area (Å²) in [4.78, 5) is 15.8. The fraction of sp³-hybridized carbons (Fsp3) is 0.348. The number of rotatable bonds is 5. The Labute approximate surface area is 154 Å². The van der Waals surface area contributed by atoms with Crippen LogP contribution in [0.15, 0.2) is 54.6 Å². The van der Waals surface area contributed by atoms with Crippen molar-refractivity contribution in [3.05, 3.63) is 71.4 Å². The zero-order valence-electron chi connectivity index (χ0n) is 15.7. The Hall–Kier alpha value is -2.55. The summed E-state index contributed by atoms with van der Waals surface area (Å²) in [6.07, 6.45) is 1.01. The van der Waals surface area contributed by atoms with Crippen LogP contribution in [0.1, 0.15) is 47.8 Å². The SMILES string of the molecule is Cc1[nH]c2ccccc2c1[C@@H]1[C@H](CCNC(=O)c2ccccc2)C1(C)C. The maximum Gasteiger partial charge on any atom is 0.251 e. The van der Waals surface area contributed by atoms with Crippen molar-refractivity contribution >= 4 is 16.8 Å². The highest BCUT2D eigenvalue weighted by atomic mass is 16.1. The number of fused-ring (bicyclic) bond motifs is 1. The number of H-pyrrole nitrogens is 1. The summed E-state index contributed by atoms with van der Waals surface area (Å²) in [7, 11) is 0. The Balaban J connectivity index is 1.45. The van der Waals surface area contributed by atoms with Gasteiger partial charge in [0, 0.05) is 28.7 Å². The summed E-state index contributed by atoms with van der Waals surface area (Å²) >= 11 is 0. The van der Waals surface area contributed by atoms with Crippen LogP contribution in [0.5, 0.6) is 0 Å². The molecule has 1 heterocycles. The molecule has 2 aromatic carbocycles. The van der Waals surface area contributed by atoms with Gasteiger partial charge in [0.25, 0.3) is 5.91 Å². The summed E-state index contributed by atoms with van der Waals surface area (Å²) in [6.45, 7) is 7.60. The van der Waals surface area contributed by atoms with E-state index in [1.165, 1.54) is 22.2 Å². The highest BCUT2D eigenvalue weighted by Crippen LogP contribution is 2.67. The first-order valence-corrected chi connectivity index (χ1v) is 9.40. The predicted molar refractivity (Wildman–Crippen MR) is 106 cm³/mol. The molecule has 26 heavy (non-hydrogen) atoms. The van der Waals surface area contributed by atoms with Crippen molar-refractivity contribution < 1.29 is 4.79 Å². The number of aromatic nitrogens is 1. The first-order valence-electron chi connectivity index (χ1n) is 9.40. The van der Waals surface area contributed by atoms with Gasteiger partial charge >= 0.3 is 0 Å². The highest BCUT2D eigenvalue weighted by Gasteiger charge is 2.58. The summed E-state index contributed by atoms with van der Waals surface area (Å²) in [6, 6.07) is 18.0. The molecule has 0 aliphatic heterocycles. The number of hydrogen-bond donors (Lipinski definition) is 2. The lowest BCUT2D eigenvalue weighted by Crippen LogP contribution is -2.24. The van der Waals surface area contributed by atoms with Crippen molar-refractivity contribution in [3.8, 4) is 0 Å². The van der Waals surface area contributed by atoms with Gasteiger partial charge in [-0.15, -0.1) is 0 Å². The molecule has 4 rings (SSSR count). The highest BCUT2D eigenvalue weighted by molar-refractivity contribution is 5.94. The summed E-state index contributed by atoms with van der Waals surface area (Å²) in [5.74, 6) is 1.16. The first kappa shape index (κ1) is 16.9. The Morgan fingerprint density at radius 3 is 2.54 bits per heavy atom. The molecule has 1 fully saturated rings. The Kier molecular flexibility index (Phi) is 4.10. The van der Waals surface area contributed by atoms with E-state index in [9.17, 15) is 4.79 Å². The third kappa shape index (κ3) is 2.82. The van der Waals surface area contributed by atoms with E-state index >= 15 is 0 Å². The summed E-state index contributed by atoms with van der Waals surface area (Å²) in [5.41, 5.74) is 4.96. The Morgan fingerprint density at radius 1 is 1.08 bits per heavy atom. The number of aromatic amines is 1. The van der Waals surface area contributed by atoms with E-state index in [4.69, 9.17) is 0 Å². The smallest absolute Gasteiger partial charge is 0.251 e. The fourth-order valence-corrected chi connectivity index (χ4v) is 4.59. The van der Waals surface area contributed by atoms with Gasteiger partial charge in [0.15, 0.2) is 0 Å². The number of amides is 1. The van der Waals surface area contributed by atoms with Gasteiger partial charge in [-0.2, -0.15) is 0 Å². The normalized spacial score (nSPS) is 20.9. The lowest BCUT2D eigenvalue weighted by molar-refractivity contribution is 0.0952. The number of aryl methyl sites for hydroxylation is 1. The second-order valence-electron chi connectivity index (χ2n) is 8.03. The zero-order chi connectivity index (χ0) is 18.3. The molecule has 2 N–H and O–H groups in total. The number of para-hydroxylation sites is 1. The molecule has 0 unspecified atom stereocenters. The third-order valence-corrected chi connectivity index (χ3v) is 6.08. The molecule has 3 aromatic rings. The van der Waals surface area contributed by atoms with E-state index in [0.29, 0.717) is 11.8 Å². The maximum absolute atomic E-state index is 12.2. The van der Waals surface area contributed by atoms with E-state index in [0.717, 1.165) is 18.5 Å². The molecule has 2 atom stereocenters. The molecule has 0 saturated heterocycles. The van der Waals surface area contributed by atoms with Crippen LogP contribution in [-0.2, 0) is 0 Å². The van der Waals surface area contributed by atoms with E-state index < -0.39 is 0 Å². The molecule has 1 aliphatic carbocycles.